The van der Waals surface area contributed by atoms with Gasteiger partial charge in [0.25, 0.3) is 0 Å². The largest absolute Gasteiger partial charge is 0.492 e. The molecule has 3 aromatic rings. The fraction of sp³-hybridized carbons (Fsp3) is 0.222. The van der Waals surface area contributed by atoms with Crippen LogP contribution in [0, 0.1) is 0 Å². The van der Waals surface area contributed by atoms with Gasteiger partial charge in [-0.2, -0.15) is 0 Å². The number of nitrogens with one attached hydrogen (secondary N) is 1. The molecular formula is C18H18Cl2N4O2. The van der Waals surface area contributed by atoms with Crippen molar-refractivity contribution in [1.82, 2.24) is 19.6 Å². The molecule has 0 aliphatic heterocycles. The second kappa shape index (κ2) is 8.29. The Bertz CT molecular complexity index is 913. The zero-order valence-electron chi connectivity index (χ0n) is 14.2. The quantitative estimate of drug-likeness (QED) is 0.692. The topological polar surface area (TPSA) is 58.9 Å². The maximum Gasteiger partial charge on any atom is 0.317 e. The average molecular weight is 393 g/mol. The number of carbonyl (C=O) groups excluding carboxylic acids is 1. The van der Waals surface area contributed by atoms with Gasteiger partial charge in [-0.3, -0.25) is 0 Å². The number of carbonyl (C=O) groups is 1. The number of likely N-dealkylation sites (N-methyl/N-ethyl adjacent to an activating group) is 1. The Hall–Kier alpha value is -2.44. The summed E-state index contributed by atoms with van der Waals surface area (Å²) in [5.41, 5.74) is 1.53. The van der Waals surface area contributed by atoms with Crippen LogP contribution in [0.25, 0.3) is 5.65 Å². The Morgan fingerprint density at radius 2 is 2.08 bits per heavy atom. The lowest BCUT2D eigenvalue weighted by Gasteiger charge is -2.18. The summed E-state index contributed by atoms with van der Waals surface area (Å²) in [6.07, 6.45) is 3.61. The number of imidazole rings is 1. The Labute approximate surface area is 161 Å². The van der Waals surface area contributed by atoms with Crippen molar-refractivity contribution in [2.75, 3.05) is 20.2 Å². The Balaban J connectivity index is 1.46. The molecule has 0 spiro atoms. The number of pyridine rings is 1. The van der Waals surface area contributed by atoms with Crippen molar-refractivity contribution in [1.29, 1.82) is 0 Å². The summed E-state index contributed by atoms with van der Waals surface area (Å²) in [6.45, 7) is 1.15. The summed E-state index contributed by atoms with van der Waals surface area (Å²) in [4.78, 5) is 18.1. The van der Waals surface area contributed by atoms with E-state index in [2.05, 4.69) is 10.3 Å². The second-order valence-electron chi connectivity index (χ2n) is 5.73. The minimum absolute atomic E-state index is 0.199. The molecule has 2 aromatic heterocycles. The molecule has 0 atom stereocenters. The molecule has 0 bridgehead atoms. The lowest BCUT2D eigenvalue weighted by Crippen LogP contribution is -2.39. The van der Waals surface area contributed by atoms with Crippen LogP contribution in [0.1, 0.15) is 5.69 Å². The third kappa shape index (κ3) is 4.80. The van der Waals surface area contributed by atoms with Crippen molar-refractivity contribution >= 4 is 34.9 Å². The molecule has 8 heteroatoms. The first kappa shape index (κ1) is 18.4. The van der Waals surface area contributed by atoms with E-state index < -0.39 is 0 Å². The lowest BCUT2D eigenvalue weighted by atomic mass is 10.3. The molecule has 6 nitrogen and oxygen atoms in total. The van der Waals surface area contributed by atoms with Gasteiger partial charge in [-0.15, -0.1) is 0 Å². The summed E-state index contributed by atoms with van der Waals surface area (Å²) in [5, 5.41) is 4.08. The van der Waals surface area contributed by atoms with Gasteiger partial charge in [-0.1, -0.05) is 29.3 Å². The van der Waals surface area contributed by atoms with Gasteiger partial charge in [0, 0.05) is 24.5 Å². The maximum absolute atomic E-state index is 12.2. The smallest absolute Gasteiger partial charge is 0.317 e. The van der Waals surface area contributed by atoms with E-state index in [-0.39, 0.29) is 6.03 Å². The fourth-order valence-corrected chi connectivity index (χ4v) is 2.71. The minimum Gasteiger partial charge on any atom is -0.492 e. The van der Waals surface area contributed by atoms with E-state index in [0.29, 0.717) is 35.5 Å². The molecule has 2 heterocycles. The highest BCUT2D eigenvalue weighted by molar-refractivity contribution is 6.30. The normalized spacial score (nSPS) is 10.7. The second-order valence-corrected chi connectivity index (χ2v) is 6.60. The van der Waals surface area contributed by atoms with Crippen LogP contribution < -0.4 is 10.1 Å². The van der Waals surface area contributed by atoms with Crippen LogP contribution in [-0.2, 0) is 6.54 Å². The summed E-state index contributed by atoms with van der Waals surface area (Å²) in [5.74, 6) is 0.676. The molecule has 2 amide bonds. The van der Waals surface area contributed by atoms with Gasteiger partial charge in [-0.25, -0.2) is 9.78 Å². The fourth-order valence-electron chi connectivity index (χ4n) is 2.36. The number of hydrogen-bond donors (Lipinski definition) is 1. The number of rotatable bonds is 6. The van der Waals surface area contributed by atoms with E-state index in [1.54, 1.807) is 36.3 Å². The number of ether oxygens (including phenoxy) is 1. The number of benzene rings is 1. The molecule has 0 radical (unpaired) electrons. The summed E-state index contributed by atoms with van der Waals surface area (Å²) >= 11 is 11.9. The highest BCUT2D eigenvalue weighted by atomic mass is 35.5. The van der Waals surface area contributed by atoms with E-state index >= 15 is 0 Å². The predicted octanol–water partition coefficient (Wildman–Crippen LogP) is 3.86. The number of urea groups is 1. The van der Waals surface area contributed by atoms with Crippen LogP contribution in [0.3, 0.4) is 0 Å². The predicted molar refractivity (Wildman–Crippen MR) is 102 cm³/mol. The molecule has 0 saturated heterocycles. The van der Waals surface area contributed by atoms with Crippen molar-refractivity contribution in [3.8, 4) is 5.75 Å². The third-order valence-corrected chi connectivity index (χ3v) is 4.18. The molecule has 0 aliphatic carbocycles. The number of nitrogens with zero attached hydrogens (tertiary/aromatic N) is 3. The van der Waals surface area contributed by atoms with Gasteiger partial charge in [0.2, 0.25) is 0 Å². The van der Waals surface area contributed by atoms with E-state index in [9.17, 15) is 4.79 Å². The van der Waals surface area contributed by atoms with Crippen molar-refractivity contribution < 1.29 is 9.53 Å². The van der Waals surface area contributed by atoms with Crippen LogP contribution in [0.5, 0.6) is 5.75 Å². The van der Waals surface area contributed by atoms with E-state index in [1.807, 2.05) is 28.8 Å². The SMILES string of the molecule is CN(CCOc1cccc(Cl)c1)C(=O)NCc1cn2cc(Cl)ccc2n1. The Morgan fingerprint density at radius 3 is 2.88 bits per heavy atom. The molecule has 1 aromatic carbocycles. The molecule has 1 N–H and O–H groups in total. The van der Waals surface area contributed by atoms with Crippen molar-refractivity contribution in [3.63, 3.8) is 0 Å². The molecule has 136 valence electrons. The zero-order chi connectivity index (χ0) is 18.5. The van der Waals surface area contributed by atoms with Gasteiger partial charge in [0.05, 0.1) is 23.8 Å². The number of amides is 2. The molecule has 0 saturated carbocycles. The first-order valence-corrected chi connectivity index (χ1v) is 8.77. The summed E-state index contributed by atoms with van der Waals surface area (Å²) < 4.78 is 7.41. The van der Waals surface area contributed by atoms with Gasteiger partial charge in [-0.05, 0) is 30.3 Å². The zero-order valence-corrected chi connectivity index (χ0v) is 15.7. The third-order valence-electron chi connectivity index (χ3n) is 3.72. The molecule has 0 unspecified atom stereocenters. The maximum atomic E-state index is 12.2. The summed E-state index contributed by atoms with van der Waals surface area (Å²) in [7, 11) is 1.71. The van der Waals surface area contributed by atoms with Gasteiger partial charge in [0.1, 0.15) is 18.0 Å². The first-order valence-electron chi connectivity index (χ1n) is 8.02. The molecule has 0 fully saturated rings. The Morgan fingerprint density at radius 1 is 1.23 bits per heavy atom. The average Bonchev–Trinajstić information content (AvgIpc) is 3.01. The van der Waals surface area contributed by atoms with Gasteiger partial charge < -0.3 is 19.4 Å². The van der Waals surface area contributed by atoms with Crippen LogP contribution in [-0.4, -0.2) is 40.5 Å². The first-order chi connectivity index (χ1) is 12.5. The monoisotopic (exact) mass is 392 g/mol. The van der Waals surface area contributed by atoms with Crippen molar-refractivity contribution in [2.24, 2.45) is 0 Å². The number of halogens is 2. The summed E-state index contributed by atoms with van der Waals surface area (Å²) in [6, 6.07) is 10.6. The number of aromatic nitrogens is 2. The van der Waals surface area contributed by atoms with Crippen LogP contribution in [0.4, 0.5) is 4.79 Å². The van der Waals surface area contributed by atoms with Crippen molar-refractivity contribution in [2.45, 2.75) is 6.54 Å². The minimum atomic E-state index is -0.199. The van der Waals surface area contributed by atoms with Crippen molar-refractivity contribution in [3.05, 3.63) is 64.5 Å². The van der Waals surface area contributed by atoms with E-state index in [4.69, 9.17) is 27.9 Å². The van der Waals surface area contributed by atoms with E-state index in [0.717, 1.165) is 11.3 Å². The Kier molecular flexibility index (Phi) is 5.85. The lowest BCUT2D eigenvalue weighted by molar-refractivity contribution is 0.195. The molecular weight excluding hydrogens is 375 g/mol. The number of hydrogen-bond acceptors (Lipinski definition) is 3. The highest BCUT2D eigenvalue weighted by Gasteiger charge is 2.10. The number of fused-ring (bicyclic) bond motifs is 1. The molecule has 26 heavy (non-hydrogen) atoms. The van der Waals surface area contributed by atoms with Gasteiger partial charge >= 0.3 is 6.03 Å². The van der Waals surface area contributed by atoms with Crippen LogP contribution in [0.2, 0.25) is 10.0 Å². The highest BCUT2D eigenvalue weighted by Crippen LogP contribution is 2.17. The molecule has 3 rings (SSSR count). The van der Waals surface area contributed by atoms with Crippen LogP contribution >= 0.6 is 23.2 Å². The van der Waals surface area contributed by atoms with Gasteiger partial charge in [0.15, 0.2) is 0 Å². The van der Waals surface area contributed by atoms with E-state index in [1.165, 1.54) is 0 Å². The standard InChI is InChI=1S/C18H18Cl2N4O2/c1-23(7-8-26-16-4-2-3-13(19)9-16)18(25)21-10-15-12-24-11-14(20)5-6-17(24)22-15/h2-6,9,11-12H,7-8,10H2,1H3,(H,21,25). The molecule has 0 aliphatic rings. The van der Waals surface area contributed by atoms with Crippen LogP contribution in [0.15, 0.2) is 48.8 Å².